The topological polar surface area (TPSA) is 59.6 Å². The third-order valence-corrected chi connectivity index (χ3v) is 3.22. The summed E-state index contributed by atoms with van der Waals surface area (Å²) in [6.45, 7) is 4.60. The van der Waals surface area contributed by atoms with Gasteiger partial charge in [-0.3, -0.25) is 0 Å². The molecule has 0 saturated carbocycles. The molecule has 4 nitrogen and oxygen atoms in total. The van der Waals surface area contributed by atoms with Crippen LogP contribution in [0, 0.1) is 13.8 Å². The highest BCUT2D eigenvalue weighted by Gasteiger charge is 2.00. The Morgan fingerprint density at radius 3 is 2.48 bits per heavy atom. The van der Waals surface area contributed by atoms with Gasteiger partial charge < -0.3 is 15.8 Å². The number of benzene rings is 2. The number of nitrogens with two attached hydrogens (primary N) is 1. The van der Waals surface area contributed by atoms with Gasteiger partial charge in [0.25, 0.3) is 0 Å². The van der Waals surface area contributed by atoms with Crippen molar-refractivity contribution in [1.29, 1.82) is 0 Å². The molecule has 0 bridgehead atoms. The summed E-state index contributed by atoms with van der Waals surface area (Å²) in [5.74, 6) is 1.29. The maximum atomic E-state index is 5.90. The molecular weight excluding hydrogens is 262 g/mol. The van der Waals surface area contributed by atoms with Crippen molar-refractivity contribution in [1.82, 2.24) is 0 Å². The quantitative estimate of drug-likeness (QED) is 0.669. The molecule has 0 atom stereocenters. The lowest BCUT2D eigenvalue weighted by atomic mass is 10.1. The number of methoxy groups -OCH3 is 1. The summed E-state index contributed by atoms with van der Waals surface area (Å²) >= 11 is 0. The van der Waals surface area contributed by atoms with Gasteiger partial charge in [-0.1, -0.05) is 29.8 Å². The van der Waals surface area contributed by atoms with E-state index in [-0.39, 0.29) is 0 Å². The van der Waals surface area contributed by atoms with Crippen LogP contribution in [0.2, 0.25) is 0 Å². The Hall–Kier alpha value is -2.49. The molecular formula is C17H21N3O. The number of nitrogens with zero attached hydrogens (tertiary/aromatic N) is 1. The van der Waals surface area contributed by atoms with Gasteiger partial charge in [-0.2, -0.15) is 0 Å². The van der Waals surface area contributed by atoms with Crippen molar-refractivity contribution < 1.29 is 4.74 Å². The Morgan fingerprint density at radius 1 is 1.14 bits per heavy atom. The normalized spacial score (nSPS) is 11.3. The molecule has 0 saturated heterocycles. The summed E-state index contributed by atoms with van der Waals surface area (Å²) in [6.07, 6.45) is 0. The van der Waals surface area contributed by atoms with Crippen LogP contribution in [0.1, 0.15) is 16.7 Å². The van der Waals surface area contributed by atoms with Gasteiger partial charge in [0.1, 0.15) is 5.75 Å². The van der Waals surface area contributed by atoms with E-state index < -0.39 is 0 Å². The third-order valence-electron chi connectivity index (χ3n) is 3.22. The first kappa shape index (κ1) is 14.9. The molecule has 2 aromatic carbocycles. The summed E-state index contributed by atoms with van der Waals surface area (Å²) in [7, 11) is 1.67. The molecule has 0 unspecified atom stereocenters. The van der Waals surface area contributed by atoms with Crippen LogP contribution in [-0.4, -0.2) is 13.1 Å². The number of anilines is 1. The first-order chi connectivity index (χ1) is 10.1. The van der Waals surface area contributed by atoms with Crippen molar-refractivity contribution in [2.75, 3.05) is 12.4 Å². The number of guanidine groups is 1. The second-order valence-electron chi connectivity index (χ2n) is 5.00. The Bertz CT molecular complexity index is 633. The van der Waals surface area contributed by atoms with Gasteiger partial charge in [-0.05, 0) is 43.2 Å². The van der Waals surface area contributed by atoms with Crippen LogP contribution in [0.15, 0.2) is 47.5 Å². The van der Waals surface area contributed by atoms with Gasteiger partial charge in [0.15, 0.2) is 5.96 Å². The first-order valence-electron chi connectivity index (χ1n) is 6.85. The lowest BCUT2D eigenvalue weighted by Crippen LogP contribution is -2.22. The zero-order valence-corrected chi connectivity index (χ0v) is 12.7. The predicted molar refractivity (Wildman–Crippen MR) is 87.9 cm³/mol. The van der Waals surface area contributed by atoms with Crippen molar-refractivity contribution >= 4 is 11.6 Å². The zero-order valence-electron chi connectivity index (χ0n) is 12.7. The van der Waals surface area contributed by atoms with E-state index in [0.29, 0.717) is 12.5 Å². The average Bonchev–Trinajstić information content (AvgIpc) is 2.48. The minimum absolute atomic E-state index is 0.410. The molecule has 0 amide bonds. The minimum Gasteiger partial charge on any atom is -0.496 e. The standard InChI is InChI=1S/C17H21N3O/c1-12-4-7-15(8-5-12)20-17(18)19-11-14-6-9-16(21-3)13(2)10-14/h4-10H,11H2,1-3H3,(H3,18,19,20). The fourth-order valence-corrected chi connectivity index (χ4v) is 2.04. The van der Waals surface area contributed by atoms with E-state index in [1.807, 2.05) is 50.2 Å². The summed E-state index contributed by atoms with van der Waals surface area (Å²) in [5, 5.41) is 3.08. The molecule has 0 radical (unpaired) electrons. The maximum Gasteiger partial charge on any atom is 0.193 e. The van der Waals surface area contributed by atoms with Crippen LogP contribution >= 0.6 is 0 Å². The molecule has 2 aromatic rings. The van der Waals surface area contributed by atoms with Gasteiger partial charge in [-0.15, -0.1) is 0 Å². The van der Waals surface area contributed by atoms with Crippen LogP contribution < -0.4 is 15.8 Å². The second kappa shape index (κ2) is 6.79. The minimum atomic E-state index is 0.410. The van der Waals surface area contributed by atoms with Gasteiger partial charge in [0.2, 0.25) is 0 Å². The number of hydrogen-bond acceptors (Lipinski definition) is 2. The molecule has 0 fully saturated rings. The lowest BCUT2D eigenvalue weighted by Gasteiger charge is -2.08. The molecule has 110 valence electrons. The van der Waals surface area contributed by atoms with Gasteiger partial charge in [0, 0.05) is 5.69 Å². The largest absolute Gasteiger partial charge is 0.496 e. The van der Waals surface area contributed by atoms with Gasteiger partial charge >= 0.3 is 0 Å². The fraction of sp³-hybridized carbons (Fsp3) is 0.235. The number of ether oxygens (including phenoxy) is 1. The van der Waals surface area contributed by atoms with E-state index in [9.17, 15) is 0 Å². The van der Waals surface area contributed by atoms with Crippen LogP contribution in [0.3, 0.4) is 0 Å². The van der Waals surface area contributed by atoms with Crippen molar-refractivity contribution in [2.24, 2.45) is 10.7 Å². The summed E-state index contributed by atoms with van der Waals surface area (Å²) in [5.41, 5.74) is 10.2. The predicted octanol–water partition coefficient (Wildman–Crippen LogP) is 3.24. The Morgan fingerprint density at radius 2 is 1.86 bits per heavy atom. The Labute approximate surface area is 125 Å². The number of aryl methyl sites for hydroxylation is 2. The highest BCUT2D eigenvalue weighted by Crippen LogP contribution is 2.18. The molecule has 4 heteroatoms. The monoisotopic (exact) mass is 283 g/mol. The van der Waals surface area contributed by atoms with E-state index >= 15 is 0 Å². The van der Waals surface area contributed by atoms with Gasteiger partial charge in [-0.25, -0.2) is 4.99 Å². The van der Waals surface area contributed by atoms with Gasteiger partial charge in [0.05, 0.1) is 13.7 Å². The van der Waals surface area contributed by atoms with E-state index in [1.54, 1.807) is 7.11 Å². The van der Waals surface area contributed by atoms with E-state index in [4.69, 9.17) is 10.5 Å². The van der Waals surface area contributed by atoms with Crippen LogP contribution in [0.4, 0.5) is 5.69 Å². The molecule has 0 spiro atoms. The Kier molecular flexibility index (Phi) is 4.82. The first-order valence-corrected chi connectivity index (χ1v) is 6.85. The summed E-state index contributed by atoms with van der Waals surface area (Å²) in [6, 6.07) is 14.0. The Balaban J connectivity index is 1.99. The molecule has 2 rings (SSSR count). The highest BCUT2D eigenvalue weighted by atomic mass is 16.5. The van der Waals surface area contributed by atoms with Crippen molar-refractivity contribution in [3.05, 3.63) is 59.2 Å². The second-order valence-corrected chi connectivity index (χ2v) is 5.00. The lowest BCUT2D eigenvalue weighted by molar-refractivity contribution is 0.411. The molecule has 0 aliphatic carbocycles. The number of nitrogens with one attached hydrogen (secondary N) is 1. The number of aliphatic imine (C=N–C) groups is 1. The van der Waals surface area contributed by atoms with Crippen molar-refractivity contribution in [3.63, 3.8) is 0 Å². The number of hydrogen-bond donors (Lipinski definition) is 2. The van der Waals surface area contributed by atoms with Crippen LogP contribution in [-0.2, 0) is 6.54 Å². The average molecular weight is 283 g/mol. The van der Waals surface area contributed by atoms with E-state index in [2.05, 4.69) is 16.4 Å². The van der Waals surface area contributed by atoms with E-state index in [1.165, 1.54) is 5.56 Å². The number of rotatable bonds is 4. The molecule has 0 aromatic heterocycles. The molecule has 0 aliphatic rings. The van der Waals surface area contributed by atoms with E-state index in [0.717, 1.165) is 22.6 Å². The van der Waals surface area contributed by atoms with Crippen molar-refractivity contribution in [2.45, 2.75) is 20.4 Å². The summed E-state index contributed by atoms with van der Waals surface area (Å²) < 4.78 is 5.24. The van der Waals surface area contributed by atoms with Crippen LogP contribution in [0.5, 0.6) is 5.75 Å². The molecule has 3 N–H and O–H groups in total. The smallest absolute Gasteiger partial charge is 0.193 e. The zero-order chi connectivity index (χ0) is 15.2. The molecule has 0 heterocycles. The molecule has 0 aliphatic heterocycles. The maximum absolute atomic E-state index is 5.90. The SMILES string of the molecule is COc1ccc(CN=C(N)Nc2ccc(C)cc2)cc1C. The third kappa shape index (κ3) is 4.24. The highest BCUT2D eigenvalue weighted by molar-refractivity contribution is 5.92. The fourth-order valence-electron chi connectivity index (χ4n) is 2.04. The molecule has 21 heavy (non-hydrogen) atoms. The summed E-state index contributed by atoms with van der Waals surface area (Å²) in [4.78, 5) is 4.35. The van der Waals surface area contributed by atoms with Crippen LogP contribution in [0.25, 0.3) is 0 Å². The van der Waals surface area contributed by atoms with Crippen molar-refractivity contribution in [3.8, 4) is 5.75 Å².